The van der Waals surface area contributed by atoms with E-state index in [-0.39, 0.29) is 5.82 Å². The van der Waals surface area contributed by atoms with Gasteiger partial charge < -0.3 is 15.5 Å². The van der Waals surface area contributed by atoms with E-state index in [9.17, 15) is 4.39 Å². The third kappa shape index (κ3) is 5.42. The second kappa shape index (κ2) is 9.52. The lowest BCUT2D eigenvalue weighted by atomic mass is 10.1. The molecule has 140 valence electrons. The number of nitrogens with one attached hydrogen (secondary N) is 2. The van der Waals surface area contributed by atoms with Gasteiger partial charge in [-0.2, -0.15) is 0 Å². The van der Waals surface area contributed by atoms with Gasteiger partial charge in [0.1, 0.15) is 5.82 Å². The molecule has 3 rings (SSSR count). The van der Waals surface area contributed by atoms with Crippen molar-refractivity contribution < 1.29 is 4.39 Å². The molecule has 0 spiro atoms. The highest BCUT2D eigenvalue weighted by Gasteiger charge is 2.15. The molecule has 2 aromatic rings. The van der Waals surface area contributed by atoms with E-state index < -0.39 is 0 Å². The lowest BCUT2D eigenvalue weighted by Gasteiger charge is -2.12. The van der Waals surface area contributed by atoms with E-state index in [1.165, 1.54) is 18.9 Å². The average molecular weight is 376 g/mol. The summed E-state index contributed by atoms with van der Waals surface area (Å²) in [5, 5.41) is 9.87. The number of anilines is 1. The summed E-state index contributed by atoms with van der Waals surface area (Å²) in [5.74, 6) is 0.568. The van der Waals surface area contributed by atoms with Gasteiger partial charge in [0.05, 0.1) is 5.69 Å². The van der Waals surface area contributed by atoms with Crippen LogP contribution in [0.5, 0.6) is 0 Å². The number of aromatic nitrogens is 1. The second-order valence-corrected chi connectivity index (χ2v) is 7.21. The van der Waals surface area contributed by atoms with E-state index in [0.29, 0.717) is 6.54 Å². The van der Waals surface area contributed by atoms with Crippen LogP contribution < -0.4 is 15.5 Å². The highest BCUT2D eigenvalue weighted by Crippen LogP contribution is 2.24. The third-order valence-electron chi connectivity index (χ3n) is 4.41. The monoisotopic (exact) mass is 375 g/mol. The molecular formula is C19H26FN5S. The summed E-state index contributed by atoms with van der Waals surface area (Å²) in [6.07, 6.45) is 4.17. The molecule has 0 unspecified atom stereocenters. The van der Waals surface area contributed by atoms with Gasteiger partial charge in [-0.1, -0.05) is 12.1 Å². The number of benzene rings is 1. The van der Waals surface area contributed by atoms with Crippen LogP contribution in [0.3, 0.4) is 0 Å². The number of hydrogen-bond donors (Lipinski definition) is 2. The van der Waals surface area contributed by atoms with Crippen molar-refractivity contribution in [3.05, 3.63) is 46.7 Å². The Hall–Kier alpha value is -2.15. The molecule has 0 radical (unpaired) electrons. The molecule has 2 heterocycles. The van der Waals surface area contributed by atoms with Crippen molar-refractivity contribution in [2.24, 2.45) is 4.99 Å². The zero-order valence-electron chi connectivity index (χ0n) is 15.2. The summed E-state index contributed by atoms with van der Waals surface area (Å²) in [7, 11) is 1.76. The normalized spacial score (nSPS) is 14.7. The second-order valence-electron chi connectivity index (χ2n) is 6.37. The largest absolute Gasteiger partial charge is 0.356 e. The van der Waals surface area contributed by atoms with Gasteiger partial charge in [0, 0.05) is 45.0 Å². The molecule has 0 aliphatic carbocycles. The maximum atomic E-state index is 13.2. The SMILES string of the molecule is CN=C(NCCc1cccc(F)c1)NCCc1csc(N2CCCC2)n1. The molecule has 0 bridgehead atoms. The summed E-state index contributed by atoms with van der Waals surface area (Å²) in [4.78, 5) is 11.3. The smallest absolute Gasteiger partial charge is 0.190 e. The van der Waals surface area contributed by atoms with Crippen LogP contribution in [0.1, 0.15) is 24.1 Å². The number of guanidine groups is 1. The van der Waals surface area contributed by atoms with E-state index in [0.717, 1.165) is 54.8 Å². The molecule has 1 aromatic heterocycles. The number of aliphatic imine (C=N–C) groups is 1. The van der Waals surface area contributed by atoms with Crippen LogP contribution in [-0.2, 0) is 12.8 Å². The Kier molecular flexibility index (Phi) is 6.82. The summed E-state index contributed by atoms with van der Waals surface area (Å²) < 4.78 is 13.2. The van der Waals surface area contributed by atoms with Crippen molar-refractivity contribution >= 4 is 22.4 Å². The van der Waals surface area contributed by atoms with Crippen LogP contribution in [-0.4, -0.2) is 44.2 Å². The van der Waals surface area contributed by atoms with Crippen LogP contribution >= 0.6 is 11.3 Å². The summed E-state index contributed by atoms with van der Waals surface area (Å²) in [6.45, 7) is 3.75. The molecule has 26 heavy (non-hydrogen) atoms. The van der Waals surface area contributed by atoms with Crippen LogP contribution in [0.15, 0.2) is 34.6 Å². The fraction of sp³-hybridized carbons (Fsp3) is 0.474. The van der Waals surface area contributed by atoms with Crippen LogP contribution in [0.4, 0.5) is 9.52 Å². The first kappa shape index (κ1) is 18.6. The number of hydrogen-bond acceptors (Lipinski definition) is 4. The first-order valence-electron chi connectivity index (χ1n) is 9.13. The maximum absolute atomic E-state index is 13.2. The van der Waals surface area contributed by atoms with E-state index in [1.54, 1.807) is 30.5 Å². The standard InChI is InChI=1S/C19H26FN5S/c1-21-18(22-9-7-15-5-4-6-16(20)13-15)23-10-8-17-14-26-19(24-17)25-11-2-3-12-25/h4-6,13-14H,2-3,7-12H2,1H3,(H2,21,22,23). The van der Waals surface area contributed by atoms with E-state index in [1.807, 2.05) is 6.07 Å². The maximum Gasteiger partial charge on any atom is 0.190 e. The fourth-order valence-electron chi connectivity index (χ4n) is 3.01. The van der Waals surface area contributed by atoms with Crippen molar-refractivity contribution in [2.45, 2.75) is 25.7 Å². The molecule has 2 N–H and O–H groups in total. The molecule has 1 aliphatic heterocycles. The van der Waals surface area contributed by atoms with Crippen molar-refractivity contribution in [3.63, 3.8) is 0 Å². The zero-order valence-corrected chi connectivity index (χ0v) is 16.0. The number of nitrogens with zero attached hydrogens (tertiary/aromatic N) is 3. The van der Waals surface area contributed by atoms with Gasteiger partial charge in [-0.15, -0.1) is 11.3 Å². The van der Waals surface area contributed by atoms with Crippen molar-refractivity contribution in [1.29, 1.82) is 0 Å². The topological polar surface area (TPSA) is 52.6 Å². The highest BCUT2D eigenvalue weighted by molar-refractivity contribution is 7.13. The van der Waals surface area contributed by atoms with Gasteiger partial charge in [0.15, 0.2) is 11.1 Å². The Morgan fingerprint density at radius 2 is 2.00 bits per heavy atom. The average Bonchev–Trinajstić information content (AvgIpc) is 3.32. The van der Waals surface area contributed by atoms with Gasteiger partial charge in [-0.3, -0.25) is 4.99 Å². The van der Waals surface area contributed by atoms with E-state index in [2.05, 4.69) is 25.9 Å². The molecule has 1 saturated heterocycles. The first-order chi connectivity index (χ1) is 12.7. The Morgan fingerprint density at radius 3 is 2.73 bits per heavy atom. The first-order valence-corrected chi connectivity index (χ1v) is 10.0. The molecule has 0 atom stereocenters. The molecule has 1 fully saturated rings. The van der Waals surface area contributed by atoms with E-state index in [4.69, 9.17) is 4.98 Å². The minimum Gasteiger partial charge on any atom is -0.356 e. The number of rotatable bonds is 7. The minimum absolute atomic E-state index is 0.193. The van der Waals surface area contributed by atoms with Crippen molar-refractivity contribution in [2.75, 3.05) is 38.1 Å². The van der Waals surface area contributed by atoms with Crippen molar-refractivity contribution in [1.82, 2.24) is 15.6 Å². The van der Waals surface area contributed by atoms with Crippen LogP contribution in [0.2, 0.25) is 0 Å². The molecule has 7 heteroatoms. The lowest BCUT2D eigenvalue weighted by Crippen LogP contribution is -2.39. The summed E-state index contributed by atoms with van der Waals surface area (Å²) >= 11 is 1.73. The van der Waals surface area contributed by atoms with Gasteiger partial charge in [-0.25, -0.2) is 9.37 Å². The van der Waals surface area contributed by atoms with Crippen LogP contribution in [0, 0.1) is 5.82 Å². The Morgan fingerprint density at radius 1 is 1.23 bits per heavy atom. The number of halogens is 1. The molecule has 0 amide bonds. The minimum atomic E-state index is -0.193. The number of thiazole rings is 1. The molecule has 1 aliphatic rings. The Balaban J connectivity index is 1.37. The fourth-order valence-corrected chi connectivity index (χ4v) is 3.93. The predicted octanol–water partition coefficient (Wildman–Crippen LogP) is 2.83. The van der Waals surface area contributed by atoms with E-state index >= 15 is 0 Å². The molecule has 0 saturated carbocycles. The third-order valence-corrected chi connectivity index (χ3v) is 5.36. The summed E-state index contributed by atoms with van der Waals surface area (Å²) in [6, 6.07) is 6.70. The summed E-state index contributed by atoms with van der Waals surface area (Å²) in [5.41, 5.74) is 2.10. The van der Waals surface area contributed by atoms with Crippen LogP contribution in [0.25, 0.3) is 0 Å². The van der Waals surface area contributed by atoms with Gasteiger partial charge in [0.25, 0.3) is 0 Å². The lowest BCUT2D eigenvalue weighted by molar-refractivity contribution is 0.625. The van der Waals surface area contributed by atoms with Crippen molar-refractivity contribution in [3.8, 4) is 0 Å². The molecular weight excluding hydrogens is 349 g/mol. The Labute approximate surface area is 158 Å². The van der Waals surface area contributed by atoms with Gasteiger partial charge >= 0.3 is 0 Å². The quantitative estimate of drug-likeness (QED) is 0.577. The molecule has 1 aromatic carbocycles. The zero-order chi connectivity index (χ0) is 18.2. The predicted molar refractivity (Wildman–Crippen MR) is 107 cm³/mol. The van der Waals surface area contributed by atoms with Gasteiger partial charge in [0.2, 0.25) is 0 Å². The highest BCUT2D eigenvalue weighted by atomic mass is 32.1. The molecule has 5 nitrogen and oxygen atoms in total. The Bertz CT molecular complexity index is 724. The van der Waals surface area contributed by atoms with Gasteiger partial charge in [-0.05, 0) is 37.0 Å².